The second-order valence-corrected chi connectivity index (χ2v) is 8.27. The van der Waals surface area contributed by atoms with E-state index in [9.17, 15) is 4.39 Å². The molecule has 2 aromatic heterocycles. The van der Waals surface area contributed by atoms with Crippen molar-refractivity contribution in [3.63, 3.8) is 0 Å². The molecular formula is C25H29FN8. The van der Waals surface area contributed by atoms with E-state index >= 15 is 0 Å². The highest BCUT2D eigenvalue weighted by Crippen LogP contribution is 2.25. The summed E-state index contributed by atoms with van der Waals surface area (Å²) < 4.78 is 16.0. The smallest absolute Gasteiger partial charge is 0.182 e. The monoisotopic (exact) mass is 460 g/mol. The number of halogens is 1. The highest BCUT2D eigenvalue weighted by atomic mass is 19.1. The summed E-state index contributed by atoms with van der Waals surface area (Å²) >= 11 is 0. The molecule has 4 rings (SSSR count). The molecule has 0 spiro atoms. The van der Waals surface area contributed by atoms with Crippen molar-refractivity contribution in [2.24, 2.45) is 16.6 Å². The Morgan fingerprint density at radius 3 is 2.85 bits per heavy atom. The van der Waals surface area contributed by atoms with Crippen LogP contribution in [0, 0.1) is 11.7 Å². The number of hydrogen-bond acceptors (Lipinski definition) is 7. The summed E-state index contributed by atoms with van der Waals surface area (Å²) in [5.41, 5.74) is 15.8. The number of benzene rings is 1. The number of anilines is 2. The molecular weight excluding hydrogens is 431 g/mol. The van der Waals surface area contributed by atoms with Crippen molar-refractivity contribution in [2.45, 2.75) is 26.3 Å². The van der Waals surface area contributed by atoms with Crippen LogP contribution in [0.1, 0.15) is 31.0 Å². The largest absolute Gasteiger partial charge is 0.382 e. The van der Waals surface area contributed by atoms with Crippen molar-refractivity contribution in [2.75, 3.05) is 24.1 Å². The van der Waals surface area contributed by atoms with Gasteiger partial charge in [0.25, 0.3) is 0 Å². The fourth-order valence-corrected chi connectivity index (χ4v) is 3.68. The Bertz CT molecular complexity index is 1240. The number of allylic oxidation sites excluding steroid dienone is 2. The molecule has 176 valence electrons. The molecule has 9 heteroatoms. The van der Waals surface area contributed by atoms with E-state index in [1.54, 1.807) is 29.1 Å². The van der Waals surface area contributed by atoms with E-state index in [0.717, 1.165) is 29.9 Å². The number of hydrogen-bond donors (Lipinski definition) is 3. The number of rotatable bonds is 10. The summed E-state index contributed by atoms with van der Waals surface area (Å²) in [4.78, 5) is 13.4. The van der Waals surface area contributed by atoms with Crippen molar-refractivity contribution in [1.82, 2.24) is 19.7 Å². The maximum atomic E-state index is 14.3. The number of aliphatic imine (C=N–C) groups is 1. The zero-order valence-corrected chi connectivity index (χ0v) is 19.2. The average Bonchev–Trinajstić information content (AvgIpc) is 3.50. The normalized spacial score (nSPS) is 13.7. The quantitative estimate of drug-likeness (QED) is 0.424. The van der Waals surface area contributed by atoms with Gasteiger partial charge in [0.05, 0.1) is 36.4 Å². The zero-order valence-electron chi connectivity index (χ0n) is 19.2. The molecule has 3 heterocycles. The van der Waals surface area contributed by atoms with E-state index in [1.807, 2.05) is 18.2 Å². The van der Waals surface area contributed by atoms with Gasteiger partial charge in [0, 0.05) is 11.3 Å². The molecule has 0 amide bonds. The van der Waals surface area contributed by atoms with Gasteiger partial charge in [-0.2, -0.15) is 5.10 Å². The van der Waals surface area contributed by atoms with Gasteiger partial charge in [0.2, 0.25) is 0 Å². The first-order valence-corrected chi connectivity index (χ1v) is 11.3. The molecule has 0 aliphatic carbocycles. The minimum absolute atomic E-state index is 0.236. The molecule has 0 saturated heterocycles. The molecule has 1 atom stereocenters. The van der Waals surface area contributed by atoms with Crippen molar-refractivity contribution in [3.05, 3.63) is 78.0 Å². The maximum absolute atomic E-state index is 14.3. The van der Waals surface area contributed by atoms with Crippen molar-refractivity contribution < 1.29 is 4.39 Å². The Balaban J connectivity index is 1.60. The second kappa shape index (κ2) is 10.4. The molecule has 3 aromatic rings. The Morgan fingerprint density at radius 2 is 2.15 bits per heavy atom. The van der Waals surface area contributed by atoms with Crippen LogP contribution in [0.3, 0.4) is 0 Å². The number of nitrogens with two attached hydrogens (primary N) is 2. The molecule has 5 N–H and O–H groups in total. The highest BCUT2D eigenvalue weighted by molar-refractivity contribution is 6.09. The predicted molar refractivity (Wildman–Crippen MR) is 134 cm³/mol. The highest BCUT2D eigenvalue weighted by Gasteiger charge is 2.18. The standard InChI is InChI=1S/C25H29FN8/c1-16(7-5-11-27)17(2)31-22-14-30-25(32-24(22)28)21-13-23(20-10-6-12-29-20)34(33-21)15-18-8-3-4-9-19(18)26/h3-4,6,8-10,13-14,16,31H,2,5,7,11-12,15,27H2,1H3,(H2,28,30,32). The minimum Gasteiger partial charge on any atom is -0.382 e. The van der Waals surface area contributed by atoms with E-state index in [4.69, 9.17) is 11.5 Å². The summed E-state index contributed by atoms with van der Waals surface area (Å²) in [6.07, 6.45) is 7.37. The van der Waals surface area contributed by atoms with Gasteiger partial charge in [-0.1, -0.05) is 37.8 Å². The van der Waals surface area contributed by atoms with Gasteiger partial charge in [-0.05, 0) is 43.5 Å². The Morgan fingerprint density at radius 1 is 1.32 bits per heavy atom. The van der Waals surface area contributed by atoms with Crippen LogP contribution < -0.4 is 16.8 Å². The first kappa shape index (κ1) is 23.3. The first-order valence-electron chi connectivity index (χ1n) is 11.3. The minimum atomic E-state index is -0.286. The van der Waals surface area contributed by atoms with Crippen LogP contribution in [0.2, 0.25) is 0 Å². The van der Waals surface area contributed by atoms with Gasteiger partial charge in [0.15, 0.2) is 11.6 Å². The summed E-state index contributed by atoms with van der Waals surface area (Å²) in [6, 6.07) is 8.49. The molecule has 1 unspecified atom stereocenters. The molecule has 1 aliphatic heterocycles. The summed E-state index contributed by atoms with van der Waals surface area (Å²) in [7, 11) is 0. The lowest BCUT2D eigenvalue weighted by Gasteiger charge is -2.17. The lowest BCUT2D eigenvalue weighted by atomic mass is 10.0. The Hall–Kier alpha value is -3.85. The molecule has 0 fully saturated rings. The van der Waals surface area contributed by atoms with Gasteiger partial charge in [0.1, 0.15) is 11.5 Å². The summed E-state index contributed by atoms with van der Waals surface area (Å²) in [5.74, 6) is 0.618. The van der Waals surface area contributed by atoms with Crippen molar-refractivity contribution in [3.8, 4) is 11.5 Å². The van der Waals surface area contributed by atoms with Crippen LogP contribution >= 0.6 is 0 Å². The molecule has 1 aromatic carbocycles. The Kier molecular flexibility index (Phi) is 7.12. The van der Waals surface area contributed by atoms with Crippen LogP contribution in [-0.4, -0.2) is 38.5 Å². The third kappa shape index (κ3) is 5.20. The molecule has 0 bridgehead atoms. The van der Waals surface area contributed by atoms with Crippen LogP contribution in [-0.2, 0) is 6.54 Å². The van der Waals surface area contributed by atoms with Crippen LogP contribution in [0.25, 0.3) is 11.5 Å². The van der Waals surface area contributed by atoms with Crippen molar-refractivity contribution in [1.29, 1.82) is 0 Å². The van der Waals surface area contributed by atoms with E-state index in [2.05, 4.69) is 38.9 Å². The Labute approximate surface area is 198 Å². The second-order valence-electron chi connectivity index (χ2n) is 8.27. The molecule has 0 saturated carbocycles. The van der Waals surface area contributed by atoms with Gasteiger partial charge in [-0.3, -0.25) is 9.67 Å². The lowest BCUT2D eigenvalue weighted by molar-refractivity contribution is 0.584. The fraction of sp³-hybridized carbons (Fsp3) is 0.280. The van der Waals surface area contributed by atoms with E-state index in [0.29, 0.717) is 41.7 Å². The number of nitrogens with zero attached hydrogens (tertiary/aromatic N) is 5. The number of aromatic nitrogens is 4. The summed E-state index contributed by atoms with van der Waals surface area (Å²) in [6.45, 7) is 7.69. The van der Waals surface area contributed by atoms with Crippen LogP contribution in [0.4, 0.5) is 15.9 Å². The molecule has 34 heavy (non-hydrogen) atoms. The third-order valence-corrected chi connectivity index (χ3v) is 5.74. The third-order valence-electron chi connectivity index (χ3n) is 5.74. The predicted octanol–water partition coefficient (Wildman–Crippen LogP) is 3.77. The fourth-order valence-electron chi connectivity index (χ4n) is 3.68. The summed E-state index contributed by atoms with van der Waals surface area (Å²) in [5, 5.41) is 7.88. The molecule has 0 radical (unpaired) electrons. The first-order chi connectivity index (χ1) is 16.5. The van der Waals surface area contributed by atoms with Crippen molar-refractivity contribution >= 4 is 17.2 Å². The van der Waals surface area contributed by atoms with Crippen LogP contribution in [0.15, 0.2) is 65.9 Å². The van der Waals surface area contributed by atoms with Gasteiger partial charge in [-0.25, -0.2) is 14.4 Å². The molecule has 8 nitrogen and oxygen atoms in total. The molecule has 1 aliphatic rings. The number of nitrogen functional groups attached to an aromatic ring is 1. The van der Waals surface area contributed by atoms with Gasteiger partial charge < -0.3 is 16.8 Å². The van der Waals surface area contributed by atoms with E-state index in [1.165, 1.54) is 6.07 Å². The topological polar surface area (TPSA) is 120 Å². The lowest BCUT2D eigenvalue weighted by Crippen LogP contribution is -2.12. The van der Waals surface area contributed by atoms with Gasteiger partial charge in [-0.15, -0.1) is 0 Å². The van der Waals surface area contributed by atoms with E-state index < -0.39 is 0 Å². The average molecular weight is 461 g/mol. The SMILES string of the molecule is C=C(Nc1cnc(-c2cc(C3=NCC=C3)n(Cc3ccccc3F)n2)nc1N)C(C)CCCN. The van der Waals surface area contributed by atoms with Crippen LogP contribution in [0.5, 0.6) is 0 Å². The van der Waals surface area contributed by atoms with Gasteiger partial charge >= 0.3 is 0 Å². The van der Waals surface area contributed by atoms with E-state index in [-0.39, 0.29) is 18.3 Å². The zero-order chi connectivity index (χ0) is 24.1. The number of nitrogens with one attached hydrogen (secondary N) is 1. The maximum Gasteiger partial charge on any atom is 0.182 e.